The van der Waals surface area contributed by atoms with Crippen molar-refractivity contribution in [3.05, 3.63) is 0 Å². The molecule has 1 amide bonds. The summed E-state index contributed by atoms with van der Waals surface area (Å²) in [6, 6.07) is -0.331. The SMILES string of the molecule is COC(=O)[C@H](C)[C@@H](C)NC(=O)OC(C)(C)C. The van der Waals surface area contributed by atoms with Gasteiger partial charge in [-0.2, -0.15) is 0 Å². The first kappa shape index (κ1) is 14.7. The number of carbonyl (C=O) groups is 2. The fourth-order valence-corrected chi connectivity index (χ4v) is 1.01. The quantitative estimate of drug-likeness (QED) is 0.751. The van der Waals surface area contributed by atoms with Gasteiger partial charge in [-0.1, -0.05) is 0 Å². The average Bonchev–Trinajstić information content (AvgIpc) is 2.12. The Morgan fingerprint density at radius 3 is 2.06 bits per heavy atom. The highest BCUT2D eigenvalue weighted by Crippen LogP contribution is 2.09. The standard InChI is InChI=1S/C11H21NO4/c1-7(9(13)15-6)8(2)12-10(14)16-11(3,4)5/h7-8H,1-6H3,(H,12,14)/t7-,8-/m1/s1. The number of methoxy groups -OCH3 is 1. The highest BCUT2D eigenvalue weighted by molar-refractivity contribution is 5.74. The van der Waals surface area contributed by atoms with Gasteiger partial charge in [0.2, 0.25) is 0 Å². The fourth-order valence-electron chi connectivity index (χ4n) is 1.01. The molecule has 16 heavy (non-hydrogen) atoms. The van der Waals surface area contributed by atoms with Gasteiger partial charge in [0, 0.05) is 6.04 Å². The van der Waals surface area contributed by atoms with Crippen LogP contribution in [0.4, 0.5) is 4.79 Å². The highest BCUT2D eigenvalue weighted by Gasteiger charge is 2.24. The molecule has 0 saturated heterocycles. The Morgan fingerprint density at radius 1 is 1.19 bits per heavy atom. The van der Waals surface area contributed by atoms with Gasteiger partial charge in [-0.3, -0.25) is 4.79 Å². The van der Waals surface area contributed by atoms with Gasteiger partial charge in [-0.15, -0.1) is 0 Å². The molecule has 0 aromatic rings. The van der Waals surface area contributed by atoms with Gasteiger partial charge in [0.05, 0.1) is 13.0 Å². The second-order valence-corrected chi connectivity index (χ2v) is 4.75. The Hall–Kier alpha value is -1.26. The van der Waals surface area contributed by atoms with Crippen molar-refractivity contribution in [2.45, 2.75) is 46.3 Å². The van der Waals surface area contributed by atoms with E-state index in [1.165, 1.54) is 7.11 Å². The molecule has 0 unspecified atom stereocenters. The Morgan fingerprint density at radius 2 is 1.69 bits per heavy atom. The van der Waals surface area contributed by atoms with Crippen LogP contribution in [0.3, 0.4) is 0 Å². The molecule has 5 nitrogen and oxygen atoms in total. The van der Waals surface area contributed by atoms with E-state index in [1.54, 1.807) is 34.6 Å². The third-order valence-corrected chi connectivity index (χ3v) is 2.07. The molecule has 0 rings (SSSR count). The molecule has 0 aromatic carbocycles. The number of esters is 1. The van der Waals surface area contributed by atoms with Crippen LogP contribution in [0, 0.1) is 5.92 Å². The normalized spacial score (nSPS) is 14.9. The lowest BCUT2D eigenvalue weighted by molar-refractivity contribution is -0.145. The molecule has 0 radical (unpaired) electrons. The lowest BCUT2D eigenvalue weighted by atomic mass is 10.0. The van der Waals surface area contributed by atoms with E-state index in [2.05, 4.69) is 10.1 Å². The van der Waals surface area contributed by atoms with Crippen LogP contribution >= 0.6 is 0 Å². The van der Waals surface area contributed by atoms with Crippen LogP contribution in [0.25, 0.3) is 0 Å². The molecular formula is C11H21NO4. The minimum absolute atomic E-state index is 0.331. The monoisotopic (exact) mass is 231 g/mol. The Labute approximate surface area is 96.5 Å². The summed E-state index contributed by atoms with van der Waals surface area (Å²) in [5, 5.41) is 2.59. The molecule has 1 N–H and O–H groups in total. The largest absolute Gasteiger partial charge is 0.469 e. The van der Waals surface area contributed by atoms with Crippen LogP contribution < -0.4 is 5.32 Å². The summed E-state index contributed by atoms with van der Waals surface area (Å²) in [6.45, 7) is 8.75. The third kappa shape index (κ3) is 5.58. The fraction of sp³-hybridized carbons (Fsp3) is 0.818. The Kier molecular flexibility index (Phi) is 5.27. The molecule has 0 saturated carbocycles. The van der Waals surface area contributed by atoms with Crippen LogP contribution in [0.15, 0.2) is 0 Å². The summed E-state index contributed by atoms with van der Waals surface area (Å²) in [5.41, 5.74) is -0.543. The van der Waals surface area contributed by atoms with Gasteiger partial charge in [0.25, 0.3) is 0 Å². The summed E-state index contributed by atoms with van der Waals surface area (Å²) < 4.78 is 9.65. The van der Waals surface area contributed by atoms with Crippen LogP contribution in [-0.2, 0) is 14.3 Å². The molecule has 0 aromatic heterocycles. The van der Waals surface area contributed by atoms with E-state index >= 15 is 0 Å². The highest BCUT2D eigenvalue weighted by atomic mass is 16.6. The zero-order chi connectivity index (χ0) is 12.9. The number of carbonyl (C=O) groups excluding carboxylic acids is 2. The van der Waals surface area contributed by atoms with Crippen molar-refractivity contribution in [1.29, 1.82) is 0 Å². The van der Waals surface area contributed by atoms with E-state index < -0.39 is 17.6 Å². The smallest absolute Gasteiger partial charge is 0.407 e. The van der Waals surface area contributed by atoms with E-state index in [9.17, 15) is 9.59 Å². The van der Waals surface area contributed by atoms with Crippen molar-refractivity contribution in [3.8, 4) is 0 Å². The number of amides is 1. The molecule has 0 aliphatic rings. The lowest BCUT2D eigenvalue weighted by Crippen LogP contribution is -2.43. The van der Waals surface area contributed by atoms with E-state index in [-0.39, 0.29) is 12.0 Å². The van der Waals surface area contributed by atoms with Gasteiger partial charge in [0.1, 0.15) is 5.60 Å². The van der Waals surface area contributed by atoms with Crippen molar-refractivity contribution in [3.63, 3.8) is 0 Å². The molecule has 0 aliphatic heterocycles. The Balaban J connectivity index is 4.19. The zero-order valence-corrected chi connectivity index (χ0v) is 10.8. The van der Waals surface area contributed by atoms with Gasteiger partial charge in [-0.05, 0) is 34.6 Å². The Bertz CT molecular complexity index is 257. The molecule has 5 heteroatoms. The minimum atomic E-state index is -0.543. The lowest BCUT2D eigenvalue weighted by Gasteiger charge is -2.23. The average molecular weight is 231 g/mol. The van der Waals surface area contributed by atoms with E-state index in [0.717, 1.165) is 0 Å². The van der Waals surface area contributed by atoms with Gasteiger partial charge in [0.15, 0.2) is 0 Å². The molecular weight excluding hydrogens is 210 g/mol. The minimum Gasteiger partial charge on any atom is -0.469 e. The van der Waals surface area contributed by atoms with Crippen molar-refractivity contribution in [2.75, 3.05) is 7.11 Å². The van der Waals surface area contributed by atoms with Crippen LogP contribution in [-0.4, -0.2) is 30.8 Å². The first-order valence-electron chi connectivity index (χ1n) is 5.24. The number of nitrogens with one attached hydrogen (secondary N) is 1. The maximum Gasteiger partial charge on any atom is 0.407 e. The molecule has 94 valence electrons. The second kappa shape index (κ2) is 5.72. The number of hydrogen-bond donors (Lipinski definition) is 1. The van der Waals surface area contributed by atoms with Crippen molar-refractivity contribution in [1.82, 2.24) is 5.32 Å². The second-order valence-electron chi connectivity index (χ2n) is 4.75. The third-order valence-electron chi connectivity index (χ3n) is 2.07. The van der Waals surface area contributed by atoms with Gasteiger partial charge >= 0.3 is 12.1 Å². The van der Waals surface area contributed by atoms with Gasteiger partial charge < -0.3 is 14.8 Å². The number of ether oxygens (including phenoxy) is 2. The molecule has 0 heterocycles. The van der Waals surface area contributed by atoms with Gasteiger partial charge in [-0.25, -0.2) is 4.79 Å². The first-order valence-corrected chi connectivity index (χ1v) is 5.24. The number of alkyl carbamates (subject to hydrolysis) is 1. The first-order chi connectivity index (χ1) is 7.17. The van der Waals surface area contributed by atoms with E-state index in [4.69, 9.17) is 4.74 Å². The predicted octanol–water partition coefficient (Wildman–Crippen LogP) is 1.71. The van der Waals surface area contributed by atoms with E-state index in [1.807, 2.05) is 0 Å². The maximum absolute atomic E-state index is 11.4. The van der Waals surface area contributed by atoms with Crippen LogP contribution in [0.2, 0.25) is 0 Å². The van der Waals surface area contributed by atoms with Crippen LogP contribution in [0.5, 0.6) is 0 Å². The summed E-state index contributed by atoms with van der Waals surface area (Å²) in [5.74, 6) is -0.763. The summed E-state index contributed by atoms with van der Waals surface area (Å²) in [7, 11) is 1.32. The zero-order valence-electron chi connectivity index (χ0n) is 10.8. The van der Waals surface area contributed by atoms with Crippen LogP contribution in [0.1, 0.15) is 34.6 Å². The molecule has 0 bridgehead atoms. The van der Waals surface area contributed by atoms with Crippen molar-refractivity contribution in [2.24, 2.45) is 5.92 Å². The molecule has 0 spiro atoms. The topological polar surface area (TPSA) is 64.6 Å². The molecule has 0 fully saturated rings. The summed E-state index contributed by atoms with van der Waals surface area (Å²) in [4.78, 5) is 22.6. The predicted molar refractivity (Wildman–Crippen MR) is 60.0 cm³/mol. The van der Waals surface area contributed by atoms with Crippen molar-refractivity contribution < 1.29 is 19.1 Å². The van der Waals surface area contributed by atoms with E-state index in [0.29, 0.717) is 0 Å². The molecule has 2 atom stereocenters. The van der Waals surface area contributed by atoms with Crippen molar-refractivity contribution >= 4 is 12.1 Å². The number of hydrogen-bond acceptors (Lipinski definition) is 4. The summed E-state index contributed by atoms with van der Waals surface area (Å²) in [6.07, 6.45) is -0.532. The maximum atomic E-state index is 11.4. The molecule has 0 aliphatic carbocycles. The number of rotatable bonds is 3. The summed E-state index contributed by atoms with van der Waals surface area (Å²) >= 11 is 0.